The number of rotatable bonds is 2. The lowest BCUT2D eigenvalue weighted by atomic mass is 10.2. The van der Waals surface area contributed by atoms with E-state index in [1.54, 1.807) is 42.3 Å². The molecule has 0 saturated heterocycles. The first-order chi connectivity index (χ1) is 7.74. The van der Waals surface area contributed by atoms with Gasteiger partial charge in [-0.1, -0.05) is 0 Å². The van der Waals surface area contributed by atoms with Crippen molar-refractivity contribution in [3.63, 3.8) is 0 Å². The van der Waals surface area contributed by atoms with Crippen molar-refractivity contribution in [3.8, 4) is 17.5 Å². The normalized spacial score (nSPS) is 9.75. The van der Waals surface area contributed by atoms with Crippen molar-refractivity contribution in [2.75, 3.05) is 12.8 Å². The molecule has 2 N–H and O–H groups in total. The molecule has 5 heteroatoms. The molecule has 0 radical (unpaired) electrons. The van der Waals surface area contributed by atoms with Gasteiger partial charge < -0.3 is 10.5 Å². The van der Waals surface area contributed by atoms with Crippen LogP contribution < -0.4 is 10.5 Å². The van der Waals surface area contributed by atoms with Crippen molar-refractivity contribution in [2.45, 2.75) is 0 Å². The van der Waals surface area contributed by atoms with Gasteiger partial charge in [-0.15, -0.1) is 0 Å². The third-order valence-corrected chi connectivity index (χ3v) is 2.17. The Kier molecular flexibility index (Phi) is 2.48. The second-order valence-electron chi connectivity index (χ2n) is 3.20. The van der Waals surface area contributed by atoms with Crippen LogP contribution >= 0.6 is 0 Å². The van der Waals surface area contributed by atoms with Crippen molar-refractivity contribution in [1.82, 2.24) is 9.55 Å². The van der Waals surface area contributed by atoms with Gasteiger partial charge in [0, 0.05) is 30.2 Å². The molecule has 0 fully saturated rings. The standard InChI is InChI=1S/C11H10N4O/c1-16-10-5-8(13)4-9(6-10)15-3-2-14-11(15)7-12/h2-6H,13H2,1H3. The molecule has 0 spiro atoms. The number of nitriles is 1. The summed E-state index contributed by atoms with van der Waals surface area (Å²) in [5.41, 5.74) is 7.07. The molecule has 1 aromatic carbocycles. The van der Waals surface area contributed by atoms with Gasteiger partial charge in [-0.2, -0.15) is 5.26 Å². The molecule has 80 valence electrons. The van der Waals surface area contributed by atoms with Gasteiger partial charge in [-0.3, -0.25) is 4.57 Å². The number of aromatic nitrogens is 2. The number of imidazole rings is 1. The quantitative estimate of drug-likeness (QED) is 0.765. The Balaban J connectivity index is 2.56. The van der Waals surface area contributed by atoms with Gasteiger partial charge in [-0.25, -0.2) is 4.98 Å². The minimum absolute atomic E-state index is 0.313. The van der Waals surface area contributed by atoms with E-state index in [1.807, 2.05) is 6.07 Å². The van der Waals surface area contributed by atoms with Gasteiger partial charge in [-0.05, 0) is 6.07 Å². The first-order valence-corrected chi connectivity index (χ1v) is 4.63. The molecule has 0 unspecified atom stereocenters. The molecule has 0 saturated carbocycles. The first-order valence-electron chi connectivity index (χ1n) is 4.63. The summed E-state index contributed by atoms with van der Waals surface area (Å²) in [5.74, 6) is 0.959. The lowest BCUT2D eigenvalue weighted by Crippen LogP contribution is -1.99. The Hall–Kier alpha value is -2.48. The van der Waals surface area contributed by atoms with Crippen LogP contribution in [0.5, 0.6) is 5.75 Å². The maximum Gasteiger partial charge on any atom is 0.217 e. The predicted octanol–water partition coefficient (Wildman–Crippen LogP) is 1.33. The second kappa shape index (κ2) is 3.95. The number of hydrogen-bond donors (Lipinski definition) is 1. The summed E-state index contributed by atoms with van der Waals surface area (Å²) >= 11 is 0. The van der Waals surface area contributed by atoms with Crippen LogP contribution in [0.1, 0.15) is 5.82 Å². The van der Waals surface area contributed by atoms with E-state index >= 15 is 0 Å². The average molecular weight is 214 g/mol. The zero-order valence-electron chi connectivity index (χ0n) is 8.71. The summed E-state index contributed by atoms with van der Waals surface area (Å²) in [5, 5.41) is 8.87. The monoisotopic (exact) mass is 214 g/mol. The molecule has 0 bridgehead atoms. The van der Waals surface area contributed by atoms with E-state index < -0.39 is 0 Å². The first kappa shape index (κ1) is 10.1. The largest absolute Gasteiger partial charge is 0.497 e. The smallest absolute Gasteiger partial charge is 0.217 e. The van der Waals surface area contributed by atoms with E-state index in [1.165, 1.54) is 0 Å². The van der Waals surface area contributed by atoms with Crippen molar-refractivity contribution < 1.29 is 4.74 Å². The van der Waals surface area contributed by atoms with Crippen LogP contribution in [0.15, 0.2) is 30.6 Å². The molecular formula is C11H10N4O. The van der Waals surface area contributed by atoms with Crippen molar-refractivity contribution in [3.05, 3.63) is 36.4 Å². The third kappa shape index (κ3) is 1.68. The van der Waals surface area contributed by atoms with E-state index in [9.17, 15) is 0 Å². The molecule has 2 aromatic rings. The molecule has 2 rings (SSSR count). The van der Waals surface area contributed by atoms with Crippen LogP contribution in [0.4, 0.5) is 5.69 Å². The van der Waals surface area contributed by atoms with Crippen LogP contribution in [0.25, 0.3) is 5.69 Å². The lowest BCUT2D eigenvalue weighted by molar-refractivity contribution is 0.415. The van der Waals surface area contributed by atoms with Crippen LogP contribution in [0, 0.1) is 11.3 Å². The molecule has 0 aliphatic carbocycles. The second-order valence-corrected chi connectivity index (χ2v) is 3.20. The maximum atomic E-state index is 8.87. The fourth-order valence-corrected chi connectivity index (χ4v) is 1.46. The summed E-state index contributed by atoms with van der Waals surface area (Å²) in [6.07, 6.45) is 3.26. The van der Waals surface area contributed by atoms with Gasteiger partial charge >= 0.3 is 0 Å². The summed E-state index contributed by atoms with van der Waals surface area (Å²) in [6, 6.07) is 7.26. The molecule has 0 aliphatic rings. The molecular weight excluding hydrogens is 204 g/mol. The van der Waals surface area contributed by atoms with E-state index in [0.29, 0.717) is 17.3 Å². The SMILES string of the molecule is COc1cc(N)cc(-n2ccnc2C#N)c1. The van der Waals surface area contributed by atoms with Gasteiger partial charge in [0.05, 0.1) is 12.8 Å². The Morgan fingerprint density at radius 3 is 2.94 bits per heavy atom. The Morgan fingerprint density at radius 2 is 2.25 bits per heavy atom. The highest BCUT2D eigenvalue weighted by Crippen LogP contribution is 2.22. The topological polar surface area (TPSA) is 76.9 Å². The Bertz CT molecular complexity index is 553. The number of methoxy groups -OCH3 is 1. The summed E-state index contributed by atoms with van der Waals surface area (Å²) < 4.78 is 6.76. The summed E-state index contributed by atoms with van der Waals surface area (Å²) in [4.78, 5) is 3.92. The Labute approximate surface area is 92.7 Å². The number of hydrogen-bond acceptors (Lipinski definition) is 4. The fourth-order valence-electron chi connectivity index (χ4n) is 1.46. The van der Waals surface area contributed by atoms with Crippen molar-refractivity contribution in [2.24, 2.45) is 0 Å². The fraction of sp³-hybridized carbons (Fsp3) is 0.0909. The Morgan fingerprint density at radius 1 is 1.44 bits per heavy atom. The van der Waals surface area contributed by atoms with Crippen LogP contribution in [0.2, 0.25) is 0 Å². The van der Waals surface area contributed by atoms with Gasteiger partial charge in [0.1, 0.15) is 11.8 Å². The highest BCUT2D eigenvalue weighted by molar-refractivity contribution is 5.54. The highest BCUT2D eigenvalue weighted by Gasteiger charge is 2.06. The van der Waals surface area contributed by atoms with Crippen LogP contribution in [-0.4, -0.2) is 16.7 Å². The number of ether oxygens (including phenoxy) is 1. The third-order valence-electron chi connectivity index (χ3n) is 2.17. The van der Waals surface area contributed by atoms with Crippen LogP contribution in [0.3, 0.4) is 0 Å². The molecule has 0 amide bonds. The van der Waals surface area contributed by atoms with E-state index in [2.05, 4.69) is 4.98 Å². The van der Waals surface area contributed by atoms with Gasteiger partial charge in [0.25, 0.3) is 0 Å². The molecule has 1 heterocycles. The van der Waals surface area contributed by atoms with E-state index in [0.717, 1.165) is 5.69 Å². The minimum Gasteiger partial charge on any atom is -0.497 e. The summed E-state index contributed by atoms with van der Waals surface area (Å²) in [7, 11) is 1.57. The van der Waals surface area contributed by atoms with E-state index in [4.69, 9.17) is 15.7 Å². The molecule has 5 nitrogen and oxygen atoms in total. The van der Waals surface area contributed by atoms with E-state index in [-0.39, 0.29) is 0 Å². The van der Waals surface area contributed by atoms with Crippen molar-refractivity contribution >= 4 is 5.69 Å². The molecule has 16 heavy (non-hydrogen) atoms. The number of nitrogen functional groups attached to an aromatic ring is 1. The number of nitrogens with zero attached hydrogens (tertiary/aromatic N) is 3. The van der Waals surface area contributed by atoms with Gasteiger partial charge in [0.15, 0.2) is 0 Å². The number of nitrogens with two attached hydrogens (primary N) is 1. The highest BCUT2D eigenvalue weighted by atomic mass is 16.5. The average Bonchev–Trinajstić information content (AvgIpc) is 2.76. The number of anilines is 1. The zero-order chi connectivity index (χ0) is 11.5. The minimum atomic E-state index is 0.313. The maximum absolute atomic E-state index is 8.87. The van der Waals surface area contributed by atoms with Gasteiger partial charge in [0.2, 0.25) is 5.82 Å². The summed E-state index contributed by atoms with van der Waals surface area (Å²) in [6.45, 7) is 0. The predicted molar refractivity (Wildman–Crippen MR) is 59.2 cm³/mol. The molecule has 1 aromatic heterocycles. The molecule has 0 aliphatic heterocycles. The van der Waals surface area contributed by atoms with Crippen molar-refractivity contribution in [1.29, 1.82) is 5.26 Å². The lowest BCUT2D eigenvalue weighted by Gasteiger charge is -2.07. The molecule has 0 atom stereocenters. The zero-order valence-corrected chi connectivity index (χ0v) is 8.71. The van der Waals surface area contributed by atoms with Crippen LogP contribution in [-0.2, 0) is 0 Å². The number of benzene rings is 1.